The topological polar surface area (TPSA) is 97.6 Å². The van der Waals surface area contributed by atoms with Crippen LogP contribution in [-0.4, -0.2) is 22.9 Å². The quantitative estimate of drug-likeness (QED) is 0.521. The van der Waals surface area contributed by atoms with Crippen molar-refractivity contribution in [3.8, 4) is 5.75 Å². The number of nitro benzene ring substituents is 1. The van der Waals surface area contributed by atoms with E-state index >= 15 is 0 Å². The number of pyridine rings is 1. The molecule has 146 valence electrons. The minimum atomic E-state index is -0.586. The zero-order chi connectivity index (χ0) is 20.5. The van der Waals surface area contributed by atoms with Crippen LogP contribution in [-0.2, 0) is 0 Å². The van der Waals surface area contributed by atoms with E-state index in [4.69, 9.17) is 4.74 Å². The number of nitrogens with zero attached hydrogens (tertiary/aromatic N) is 3. The number of anilines is 2. The number of nitro groups is 1. The molecule has 29 heavy (non-hydrogen) atoms. The van der Waals surface area contributed by atoms with Crippen molar-refractivity contribution >= 4 is 23.0 Å². The van der Waals surface area contributed by atoms with E-state index in [1.165, 1.54) is 19.2 Å². The number of benzene rings is 2. The molecule has 2 aromatic carbocycles. The van der Waals surface area contributed by atoms with Gasteiger partial charge >= 0.3 is 0 Å². The number of fused-ring (bicyclic) bond motifs is 1. The molecule has 1 aliphatic rings. The van der Waals surface area contributed by atoms with Crippen molar-refractivity contribution in [2.24, 2.45) is 0 Å². The van der Waals surface area contributed by atoms with Crippen LogP contribution in [0.4, 0.5) is 17.1 Å². The molecule has 0 fully saturated rings. The summed E-state index contributed by atoms with van der Waals surface area (Å²) in [5.74, 6) is 0.134. The number of nitrogens with one attached hydrogen (secondary N) is 1. The lowest BCUT2D eigenvalue weighted by Crippen LogP contribution is -2.32. The Balaban J connectivity index is 1.78. The Kier molecular flexibility index (Phi) is 4.59. The summed E-state index contributed by atoms with van der Waals surface area (Å²) in [6.45, 7) is 1.98. The second-order valence-electron chi connectivity index (χ2n) is 6.64. The van der Waals surface area contributed by atoms with Gasteiger partial charge in [-0.1, -0.05) is 17.7 Å². The molecule has 0 saturated carbocycles. The van der Waals surface area contributed by atoms with Gasteiger partial charge in [-0.25, -0.2) is 0 Å². The molecule has 2 heterocycles. The number of carbonyl (C=O) groups is 1. The molecular formula is C21H18N4O4. The maximum Gasteiger partial charge on any atom is 0.273 e. The minimum Gasteiger partial charge on any atom is -0.494 e. The zero-order valence-electron chi connectivity index (χ0n) is 15.8. The summed E-state index contributed by atoms with van der Waals surface area (Å²) in [4.78, 5) is 29.7. The van der Waals surface area contributed by atoms with Crippen LogP contribution in [0.15, 0.2) is 60.8 Å². The molecule has 1 aliphatic heterocycles. The van der Waals surface area contributed by atoms with Gasteiger partial charge < -0.3 is 10.1 Å². The lowest BCUT2D eigenvalue weighted by Gasteiger charge is -2.27. The van der Waals surface area contributed by atoms with Crippen LogP contribution in [0.1, 0.15) is 27.8 Å². The highest BCUT2D eigenvalue weighted by Crippen LogP contribution is 2.39. The Labute approximate surface area is 166 Å². The lowest BCUT2D eigenvalue weighted by molar-refractivity contribution is -0.384. The average molecular weight is 390 g/mol. The summed E-state index contributed by atoms with van der Waals surface area (Å²) in [7, 11) is 1.44. The SMILES string of the molecule is COc1cc([N+](=O)[O-])ccc1NC1c2ncccc2C(=O)N1c1ccc(C)cc1. The van der Waals surface area contributed by atoms with Gasteiger partial charge in [-0.2, -0.15) is 0 Å². The standard InChI is InChI=1S/C21H18N4O4/c1-13-5-7-14(8-6-13)24-20(19-16(21(24)26)4-3-11-22-19)23-17-10-9-15(25(27)28)12-18(17)29-2/h3-12,20,23H,1-2H3. The van der Waals surface area contributed by atoms with Gasteiger partial charge in [0.15, 0.2) is 6.17 Å². The van der Waals surface area contributed by atoms with Crippen LogP contribution in [0.2, 0.25) is 0 Å². The molecular weight excluding hydrogens is 372 g/mol. The van der Waals surface area contributed by atoms with E-state index in [9.17, 15) is 14.9 Å². The van der Waals surface area contributed by atoms with Crippen molar-refractivity contribution in [3.63, 3.8) is 0 Å². The summed E-state index contributed by atoms with van der Waals surface area (Å²) in [5, 5.41) is 14.3. The van der Waals surface area contributed by atoms with Crippen LogP contribution in [0.5, 0.6) is 5.75 Å². The molecule has 8 nitrogen and oxygen atoms in total. The fourth-order valence-electron chi connectivity index (χ4n) is 3.35. The molecule has 0 bridgehead atoms. The van der Waals surface area contributed by atoms with Crippen molar-refractivity contribution < 1.29 is 14.5 Å². The Morgan fingerprint density at radius 1 is 1.17 bits per heavy atom. The Hall–Kier alpha value is -3.94. The number of methoxy groups -OCH3 is 1. The van der Waals surface area contributed by atoms with Gasteiger partial charge in [-0.3, -0.25) is 24.8 Å². The fraction of sp³-hybridized carbons (Fsp3) is 0.143. The first-order valence-corrected chi connectivity index (χ1v) is 8.93. The molecule has 0 spiro atoms. The highest BCUT2D eigenvalue weighted by Gasteiger charge is 2.39. The van der Waals surface area contributed by atoms with Gasteiger partial charge in [-0.05, 0) is 37.3 Å². The highest BCUT2D eigenvalue weighted by atomic mass is 16.6. The van der Waals surface area contributed by atoms with E-state index in [1.807, 2.05) is 31.2 Å². The molecule has 1 amide bonds. The average Bonchev–Trinajstić information content (AvgIpc) is 3.01. The first-order valence-electron chi connectivity index (χ1n) is 8.93. The van der Waals surface area contributed by atoms with Crippen LogP contribution >= 0.6 is 0 Å². The molecule has 3 aromatic rings. The number of hydrogen-bond acceptors (Lipinski definition) is 6. The molecule has 1 aromatic heterocycles. The molecule has 1 N–H and O–H groups in total. The molecule has 4 rings (SSSR count). The number of amides is 1. The number of hydrogen-bond donors (Lipinski definition) is 1. The van der Waals surface area contributed by atoms with Crippen LogP contribution < -0.4 is 15.0 Å². The van der Waals surface area contributed by atoms with Gasteiger partial charge in [0, 0.05) is 18.0 Å². The molecule has 0 aliphatic carbocycles. The first kappa shape index (κ1) is 18.4. The van der Waals surface area contributed by atoms with Crippen molar-refractivity contribution in [3.05, 3.63) is 87.7 Å². The lowest BCUT2D eigenvalue weighted by atomic mass is 10.2. The van der Waals surface area contributed by atoms with E-state index in [0.29, 0.717) is 22.7 Å². The van der Waals surface area contributed by atoms with Crippen molar-refractivity contribution in [2.45, 2.75) is 13.1 Å². The third kappa shape index (κ3) is 3.25. The second kappa shape index (κ2) is 7.23. The number of rotatable bonds is 5. The van der Waals surface area contributed by atoms with E-state index in [-0.39, 0.29) is 11.6 Å². The predicted molar refractivity (Wildman–Crippen MR) is 108 cm³/mol. The van der Waals surface area contributed by atoms with Crippen molar-refractivity contribution in [1.29, 1.82) is 0 Å². The summed E-state index contributed by atoms with van der Waals surface area (Å²) < 4.78 is 5.33. The zero-order valence-corrected chi connectivity index (χ0v) is 15.8. The maximum atomic E-state index is 13.1. The van der Waals surface area contributed by atoms with Crippen LogP contribution in [0.25, 0.3) is 0 Å². The molecule has 8 heteroatoms. The summed E-state index contributed by atoms with van der Waals surface area (Å²) in [6.07, 6.45) is 1.05. The number of ether oxygens (including phenoxy) is 1. The largest absolute Gasteiger partial charge is 0.494 e. The van der Waals surface area contributed by atoms with E-state index < -0.39 is 11.1 Å². The number of aryl methyl sites for hydroxylation is 1. The molecule has 1 unspecified atom stereocenters. The monoisotopic (exact) mass is 390 g/mol. The van der Waals surface area contributed by atoms with Gasteiger partial charge in [0.05, 0.1) is 35.0 Å². The van der Waals surface area contributed by atoms with E-state index in [2.05, 4.69) is 10.3 Å². The Bertz CT molecular complexity index is 1100. The first-order chi connectivity index (χ1) is 14.0. The molecule has 0 saturated heterocycles. The van der Waals surface area contributed by atoms with Crippen molar-refractivity contribution in [2.75, 3.05) is 17.3 Å². The highest BCUT2D eigenvalue weighted by molar-refractivity contribution is 6.11. The minimum absolute atomic E-state index is 0.0798. The van der Waals surface area contributed by atoms with Crippen LogP contribution in [0.3, 0.4) is 0 Å². The predicted octanol–water partition coefficient (Wildman–Crippen LogP) is 4.08. The number of non-ortho nitro benzene ring substituents is 1. The normalized spacial score (nSPS) is 15.2. The van der Waals surface area contributed by atoms with Gasteiger partial charge in [0.2, 0.25) is 0 Å². The second-order valence-corrected chi connectivity index (χ2v) is 6.64. The summed E-state index contributed by atoms with van der Waals surface area (Å²) in [6, 6.07) is 15.4. The van der Waals surface area contributed by atoms with Gasteiger partial charge in [0.1, 0.15) is 5.75 Å². The van der Waals surface area contributed by atoms with Crippen LogP contribution in [0, 0.1) is 17.0 Å². The third-order valence-electron chi connectivity index (χ3n) is 4.81. The smallest absolute Gasteiger partial charge is 0.273 e. The van der Waals surface area contributed by atoms with E-state index in [1.54, 1.807) is 29.3 Å². The Morgan fingerprint density at radius 2 is 1.93 bits per heavy atom. The summed E-state index contributed by atoms with van der Waals surface area (Å²) >= 11 is 0. The number of carbonyl (C=O) groups excluding carboxylic acids is 1. The summed E-state index contributed by atoms with van der Waals surface area (Å²) in [5.41, 5.74) is 3.33. The molecule has 1 atom stereocenters. The van der Waals surface area contributed by atoms with Crippen molar-refractivity contribution in [1.82, 2.24) is 4.98 Å². The maximum absolute atomic E-state index is 13.1. The Morgan fingerprint density at radius 3 is 2.62 bits per heavy atom. The van der Waals surface area contributed by atoms with Gasteiger partial charge in [-0.15, -0.1) is 0 Å². The third-order valence-corrected chi connectivity index (χ3v) is 4.81. The fourth-order valence-corrected chi connectivity index (χ4v) is 3.35. The number of aromatic nitrogens is 1. The van der Waals surface area contributed by atoms with E-state index in [0.717, 1.165) is 11.3 Å². The molecule has 0 radical (unpaired) electrons. The van der Waals surface area contributed by atoms with Gasteiger partial charge in [0.25, 0.3) is 11.6 Å².